The van der Waals surface area contributed by atoms with Crippen molar-refractivity contribution in [2.45, 2.75) is 32.1 Å². The maximum atomic E-state index is 5.32. The Kier molecular flexibility index (Phi) is 5.82. The van der Waals surface area contributed by atoms with Gasteiger partial charge in [-0.15, -0.1) is 5.10 Å². The number of anilines is 1. The van der Waals surface area contributed by atoms with Gasteiger partial charge in [0, 0.05) is 18.7 Å². The van der Waals surface area contributed by atoms with Gasteiger partial charge in [0.25, 0.3) is 0 Å². The van der Waals surface area contributed by atoms with Gasteiger partial charge in [-0.1, -0.05) is 12.1 Å². The van der Waals surface area contributed by atoms with E-state index in [0.717, 1.165) is 42.0 Å². The van der Waals surface area contributed by atoms with Gasteiger partial charge in [0.2, 0.25) is 5.95 Å². The second kappa shape index (κ2) is 8.65. The Labute approximate surface area is 161 Å². The van der Waals surface area contributed by atoms with Gasteiger partial charge in [-0.25, -0.2) is 4.98 Å². The second-order valence-corrected chi connectivity index (χ2v) is 7.64. The molecule has 6 heteroatoms. The lowest BCUT2D eigenvalue weighted by atomic mass is 9.93. The molecular formula is C21H29N5O. The van der Waals surface area contributed by atoms with Gasteiger partial charge in [0.15, 0.2) is 0 Å². The van der Waals surface area contributed by atoms with Crippen molar-refractivity contribution < 1.29 is 4.74 Å². The SMILES string of the molecule is COc1cccc(-c2cnnc(N3CCC(CCN4CCCC4)CC3)n2)c1. The summed E-state index contributed by atoms with van der Waals surface area (Å²) in [5.74, 6) is 2.40. The molecule has 27 heavy (non-hydrogen) atoms. The quantitative estimate of drug-likeness (QED) is 0.781. The maximum Gasteiger partial charge on any atom is 0.245 e. The summed E-state index contributed by atoms with van der Waals surface area (Å²) in [5.41, 5.74) is 1.85. The van der Waals surface area contributed by atoms with Crippen LogP contribution in [-0.4, -0.2) is 59.9 Å². The molecule has 0 bridgehead atoms. The first-order valence-electron chi connectivity index (χ1n) is 10.1. The molecule has 1 aromatic heterocycles. The van der Waals surface area contributed by atoms with Gasteiger partial charge in [-0.05, 0) is 69.8 Å². The van der Waals surface area contributed by atoms with Crippen LogP contribution in [0.2, 0.25) is 0 Å². The molecule has 3 heterocycles. The van der Waals surface area contributed by atoms with Gasteiger partial charge < -0.3 is 14.5 Å². The Bertz CT molecular complexity index is 739. The van der Waals surface area contributed by atoms with Crippen molar-refractivity contribution in [1.29, 1.82) is 0 Å². The number of methoxy groups -OCH3 is 1. The van der Waals surface area contributed by atoms with E-state index in [4.69, 9.17) is 9.72 Å². The first-order valence-corrected chi connectivity index (χ1v) is 10.1. The summed E-state index contributed by atoms with van der Waals surface area (Å²) in [5, 5.41) is 8.49. The summed E-state index contributed by atoms with van der Waals surface area (Å²) in [6.07, 6.45) is 8.26. The lowest BCUT2D eigenvalue weighted by Gasteiger charge is -2.32. The molecule has 4 rings (SSSR count). The standard InChI is InChI=1S/C21H29N5O/c1-27-19-6-4-5-18(15-19)20-16-22-24-21(23-20)26-13-8-17(9-14-26)7-12-25-10-2-3-11-25/h4-6,15-17H,2-3,7-14H2,1H3. The van der Waals surface area contributed by atoms with Gasteiger partial charge in [-0.2, -0.15) is 5.10 Å². The molecule has 2 fully saturated rings. The summed E-state index contributed by atoms with van der Waals surface area (Å²) in [6.45, 7) is 5.92. The molecule has 2 saturated heterocycles. The molecule has 0 amide bonds. The van der Waals surface area contributed by atoms with Gasteiger partial charge in [0.05, 0.1) is 19.0 Å². The fourth-order valence-electron chi connectivity index (χ4n) is 4.14. The van der Waals surface area contributed by atoms with E-state index >= 15 is 0 Å². The number of piperidine rings is 1. The predicted octanol–water partition coefficient (Wildman–Crippen LogP) is 3.25. The summed E-state index contributed by atoms with van der Waals surface area (Å²) in [7, 11) is 1.68. The van der Waals surface area contributed by atoms with Crippen LogP contribution in [0, 0.1) is 5.92 Å². The zero-order valence-electron chi connectivity index (χ0n) is 16.2. The molecule has 0 N–H and O–H groups in total. The van der Waals surface area contributed by atoms with Crippen molar-refractivity contribution in [1.82, 2.24) is 20.1 Å². The largest absolute Gasteiger partial charge is 0.497 e. The minimum atomic E-state index is 0.744. The lowest BCUT2D eigenvalue weighted by Crippen LogP contribution is -2.36. The number of ether oxygens (including phenoxy) is 1. The third kappa shape index (κ3) is 4.56. The summed E-state index contributed by atoms with van der Waals surface area (Å²) in [6, 6.07) is 7.92. The Morgan fingerprint density at radius 1 is 1.11 bits per heavy atom. The zero-order valence-corrected chi connectivity index (χ0v) is 16.2. The number of hydrogen-bond donors (Lipinski definition) is 0. The van der Waals surface area contributed by atoms with Crippen molar-refractivity contribution in [3.05, 3.63) is 30.5 Å². The molecule has 0 spiro atoms. The third-order valence-electron chi connectivity index (χ3n) is 5.86. The van der Waals surface area contributed by atoms with E-state index in [9.17, 15) is 0 Å². The topological polar surface area (TPSA) is 54.4 Å². The molecular weight excluding hydrogens is 338 g/mol. The van der Waals surface area contributed by atoms with Gasteiger partial charge in [0.1, 0.15) is 5.75 Å². The van der Waals surface area contributed by atoms with Crippen LogP contribution >= 0.6 is 0 Å². The van der Waals surface area contributed by atoms with Crippen LogP contribution < -0.4 is 9.64 Å². The zero-order chi connectivity index (χ0) is 18.5. The third-order valence-corrected chi connectivity index (χ3v) is 5.86. The van der Waals surface area contributed by atoms with E-state index < -0.39 is 0 Å². The van der Waals surface area contributed by atoms with E-state index in [1.807, 2.05) is 24.3 Å². The highest BCUT2D eigenvalue weighted by Gasteiger charge is 2.22. The van der Waals surface area contributed by atoms with Crippen molar-refractivity contribution in [2.24, 2.45) is 5.92 Å². The fourth-order valence-corrected chi connectivity index (χ4v) is 4.14. The first kappa shape index (κ1) is 18.2. The average Bonchev–Trinajstić information content (AvgIpc) is 3.26. The average molecular weight is 367 g/mol. The minimum Gasteiger partial charge on any atom is -0.497 e. The van der Waals surface area contributed by atoms with E-state index in [1.165, 1.54) is 51.7 Å². The van der Waals surface area contributed by atoms with Crippen LogP contribution in [0.1, 0.15) is 32.1 Å². The molecule has 144 valence electrons. The fraction of sp³-hybridized carbons (Fsp3) is 0.571. The Balaban J connectivity index is 1.35. The predicted molar refractivity (Wildman–Crippen MR) is 107 cm³/mol. The van der Waals surface area contributed by atoms with Crippen molar-refractivity contribution in [3.63, 3.8) is 0 Å². The number of likely N-dealkylation sites (tertiary alicyclic amines) is 1. The van der Waals surface area contributed by atoms with E-state index in [2.05, 4.69) is 20.0 Å². The number of hydrogen-bond acceptors (Lipinski definition) is 6. The van der Waals surface area contributed by atoms with E-state index in [-0.39, 0.29) is 0 Å². The molecule has 0 radical (unpaired) electrons. The highest BCUT2D eigenvalue weighted by atomic mass is 16.5. The van der Waals surface area contributed by atoms with Crippen LogP contribution in [0.3, 0.4) is 0 Å². The highest BCUT2D eigenvalue weighted by Crippen LogP contribution is 2.26. The summed E-state index contributed by atoms with van der Waals surface area (Å²) >= 11 is 0. The number of benzene rings is 1. The molecule has 0 unspecified atom stereocenters. The molecule has 0 atom stereocenters. The molecule has 2 aromatic rings. The first-order chi connectivity index (χ1) is 13.3. The number of aromatic nitrogens is 3. The molecule has 2 aliphatic rings. The van der Waals surface area contributed by atoms with Crippen molar-refractivity contribution in [2.75, 3.05) is 44.7 Å². The van der Waals surface area contributed by atoms with E-state index in [0.29, 0.717) is 0 Å². The molecule has 1 aromatic carbocycles. The summed E-state index contributed by atoms with van der Waals surface area (Å²) in [4.78, 5) is 9.67. The molecule has 6 nitrogen and oxygen atoms in total. The number of nitrogens with zero attached hydrogens (tertiary/aromatic N) is 5. The Hall–Kier alpha value is -2.21. The Morgan fingerprint density at radius 3 is 2.70 bits per heavy atom. The lowest BCUT2D eigenvalue weighted by molar-refractivity contribution is 0.279. The summed E-state index contributed by atoms with van der Waals surface area (Å²) < 4.78 is 5.32. The van der Waals surface area contributed by atoms with Crippen molar-refractivity contribution >= 4 is 5.95 Å². The molecule has 2 aliphatic heterocycles. The molecule has 0 aliphatic carbocycles. The second-order valence-electron chi connectivity index (χ2n) is 7.64. The van der Waals surface area contributed by atoms with Gasteiger partial charge >= 0.3 is 0 Å². The van der Waals surface area contributed by atoms with Crippen LogP contribution in [0.15, 0.2) is 30.5 Å². The monoisotopic (exact) mass is 367 g/mol. The maximum absolute atomic E-state index is 5.32. The normalized spacial score (nSPS) is 18.8. The minimum absolute atomic E-state index is 0.744. The highest BCUT2D eigenvalue weighted by molar-refractivity contribution is 5.61. The van der Waals surface area contributed by atoms with Crippen LogP contribution in [0.4, 0.5) is 5.95 Å². The van der Waals surface area contributed by atoms with Crippen molar-refractivity contribution in [3.8, 4) is 17.0 Å². The number of rotatable bonds is 6. The van der Waals surface area contributed by atoms with Crippen LogP contribution in [0.5, 0.6) is 5.75 Å². The van der Waals surface area contributed by atoms with Crippen LogP contribution in [-0.2, 0) is 0 Å². The van der Waals surface area contributed by atoms with Crippen LogP contribution in [0.25, 0.3) is 11.3 Å². The Morgan fingerprint density at radius 2 is 1.93 bits per heavy atom. The van der Waals surface area contributed by atoms with E-state index in [1.54, 1.807) is 13.3 Å². The smallest absolute Gasteiger partial charge is 0.245 e. The van der Waals surface area contributed by atoms with Gasteiger partial charge in [-0.3, -0.25) is 0 Å². The molecule has 0 saturated carbocycles.